The van der Waals surface area contributed by atoms with Crippen molar-refractivity contribution in [2.24, 2.45) is 24.3 Å². The van der Waals surface area contributed by atoms with E-state index in [0.29, 0.717) is 6.42 Å². The molecule has 114 valence electrons. The Labute approximate surface area is 131 Å². The molecule has 0 amide bonds. The van der Waals surface area contributed by atoms with Gasteiger partial charge in [-0.1, -0.05) is 26.7 Å². The van der Waals surface area contributed by atoms with Crippen LogP contribution in [-0.4, -0.2) is 15.6 Å². The van der Waals surface area contributed by atoms with Gasteiger partial charge in [-0.2, -0.15) is 10.4 Å². The van der Waals surface area contributed by atoms with E-state index in [-0.39, 0.29) is 17.1 Å². The molecule has 2 aliphatic rings. The first-order valence-corrected chi connectivity index (χ1v) is 7.74. The normalized spacial score (nSPS) is 32.5. The van der Waals surface area contributed by atoms with Gasteiger partial charge in [0.05, 0.1) is 11.8 Å². The monoisotopic (exact) mass is 295 g/mol. The molecular formula is C18H21N3O. The summed E-state index contributed by atoms with van der Waals surface area (Å²) in [7, 11) is 1.87. The van der Waals surface area contributed by atoms with Crippen LogP contribution in [0.1, 0.15) is 50.6 Å². The Bertz CT molecular complexity index is 744. The molecule has 1 heterocycles. The molecule has 1 saturated carbocycles. The van der Waals surface area contributed by atoms with Crippen molar-refractivity contribution in [2.75, 3.05) is 0 Å². The van der Waals surface area contributed by atoms with Gasteiger partial charge in [-0.3, -0.25) is 9.48 Å². The molecule has 0 aromatic carbocycles. The number of rotatable bonds is 0. The van der Waals surface area contributed by atoms with Crippen molar-refractivity contribution in [3.8, 4) is 18.4 Å². The van der Waals surface area contributed by atoms with E-state index in [0.717, 1.165) is 29.8 Å². The minimum atomic E-state index is -0.557. The Morgan fingerprint density at radius 2 is 2.09 bits per heavy atom. The molecule has 3 rings (SSSR count). The molecule has 1 fully saturated rings. The van der Waals surface area contributed by atoms with Crippen molar-refractivity contribution in [1.29, 1.82) is 5.26 Å². The fourth-order valence-corrected chi connectivity index (χ4v) is 4.85. The quantitative estimate of drug-likeness (QED) is 0.690. The number of ketones is 1. The highest BCUT2D eigenvalue weighted by molar-refractivity contribution is 5.90. The summed E-state index contributed by atoms with van der Waals surface area (Å²) in [6.07, 6.45) is 7.96. The number of aryl methyl sites for hydroxylation is 1. The molecule has 3 atom stereocenters. The first-order valence-electron chi connectivity index (χ1n) is 7.74. The molecule has 4 heteroatoms. The van der Waals surface area contributed by atoms with E-state index in [9.17, 15) is 10.1 Å². The van der Waals surface area contributed by atoms with Crippen molar-refractivity contribution in [3.05, 3.63) is 17.0 Å². The average Bonchev–Trinajstić information content (AvgIpc) is 2.80. The van der Waals surface area contributed by atoms with Gasteiger partial charge in [0.1, 0.15) is 11.6 Å². The highest BCUT2D eigenvalue weighted by Gasteiger charge is 2.58. The van der Waals surface area contributed by atoms with Gasteiger partial charge >= 0.3 is 0 Å². The van der Waals surface area contributed by atoms with E-state index in [1.165, 1.54) is 0 Å². The van der Waals surface area contributed by atoms with Gasteiger partial charge < -0.3 is 0 Å². The zero-order chi connectivity index (χ0) is 16.3. The average molecular weight is 295 g/mol. The summed E-state index contributed by atoms with van der Waals surface area (Å²) in [6, 6.07) is 2.21. The second-order valence-electron chi connectivity index (χ2n) is 7.42. The third-order valence-electron chi connectivity index (χ3n) is 5.88. The number of fused-ring (bicyclic) bond motifs is 3. The molecule has 0 saturated heterocycles. The third kappa shape index (κ3) is 1.64. The molecule has 0 radical (unpaired) electrons. The summed E-state index contributed by atoms with van der Waals surface area (Å²) in [5, 5.41) is 14.1. The molecular weight excluding hydrogens is 274 g/mol. The maximum Gasteiger partial charge on any atom is 0.155 e. The SMILES string of the molecule is C#Cc1c2c(nn1C)C1(C)CC(C#N)C(=O)C(C)(C)[C@@H]1CC2. The fraction of sp³-hybridized carbons (Fsp3) is 0.611. The smallest absolute Gasteiger partial charge is 0.155 e. The predicted molar refractivity (Wildman–Crippen MR) is 82.8 cm³/mol. The molecule has 0 N–H and O–H groups in total. The minimum Gasteiger partial charge on any atom is -0.298 e. The molecule has 0 spiro atoms. The molecule has 2 unspecified atom stereocenters. The summed E-state index contributed by atoms with van der Waals surface area (Å²) in [5.41, 5.74) is 2.19. The number of hydrogen-bond acceptors (Lipinski definition) is 3. The van der Waals surface area contributed by atoms with Gasteiger partial charge in [-0.15, -0.1) is 6.42 Å². The number of aromatic nitrogens is 2. The number of hydrogen-bond donors (Lipinski definition) is 0. The summed E-state index contributed by atoms with van der Waals surface area (Å²) in [6.45, 7) is 6.12. The van der Waals surface area contributed by atoms with Crippen molar-refractivity contribution in [1.82, 2.24) is 9.78 Å². The van der Waals surface area contributed by atoms with E-state index in [2.05, 4.69) is 18.9 Å². The fourth-order valence-electron chi connectivity index (χ4n) is 4.85. The van der Waals surface area contributed by atoms with E-state index < -0.39 is 11.3 Å². The van der Waals surface area contributed by atoms with Crippen LogP contribution in [-0.2, 0) is 23.7 Å². The number of nitriles is 1. The lowest BCUT2D eigenvalue weighted by Crippen LogP contribution is -2.55. The van der Waals surface area contributed by atoms with Crippen LogP contribution >= 0.6 is 0 Å². The molecule has 2 aliphatic carbocycles. The van der Waals surface area contributed by atoms with Crippen LogP contribution in [0.4, 0.5) is 0 Å². The molecule has 0 bridgehead atoms. The van der Waals surface area contributed by atoms with E-state index >= 15 is 0 Å². The van der Waals surface area contributed by atoms with Crippen LogP contribution < -0.4 is 0 Å². The second-order valence-corrected chi connectivity index (χ2v) is 7.42. The Morgan fingerprint density at radius 1 is 1.41 bits per heavy atom. The highest BCUT2D eigenvalue weighted by Crippen LogP contribution is 2.56. The van der Waals surface area contributed by atoms with Crippen molar-refractivity contribution < 1.29 is 4.79 Å². The predicted octanol–water partition coefficient (Wildman–Crippen LogP) is 2.36. The van der Waals surface area contributed by atoms with Crippen molar-refractivity contribution in [2.45, 2.75) is 45.4 Å². The van der Waals surface area contributed by atoms with Gasteiger partial charge in [0, 0.05) is 23.4 Å². The second kappa shape index (κ2) is 4.46. The highest BCUT2D eigenvalue weighted by atomic mass is 16.1. The van der Waals surface area contributed by atoms with Crippen LogP contribution in [0.2, 0.25) is 0 Å². The number of Topliss-reactive ketones (excluding diaryl/α,β-unsaturated/α-hetero) is 1. The summed E-state index contributed by atoms with van der Waals surface area (Å²) in [5.74, 6) is 2.46. The first kappa shape index (κ1) is 14.9. The van der Waals surface area contributed by atoms with Gasteiger partial charge in [0.2, 0.25) is 0 Å². The molecule has 0 aliphatic heterocycles. The summed E-state index contributed by atoms with van der Waals surface area (Å²) >= 11 is 0. The van der Waals surface area contributed by atoms with Crippen LogP contribution in [0, 0.1) is 40.9 Å². The maximum absolute atomic E-state index is 12.6. The van der Waals surface area contributed by atoms with Gasteiger partial charge in [0.15, 0.2) is 5.78 Å². The van der Waals surface area contributed by atoms with E-state index in [1.54, 1.807) is 4.68 Å². The molecule has 1 aromatic rings. The molecule has 22 heavy (non-hydrogen) atoms. The Balaban J connectivity index is 2.21. The Hall–Kier alpha value is -2.07. The van der Waals surface area contributed by atoms with Crippen molar-refractivity contribution >= 4 is 5.78 Å². The zero-order valence-corrected chi connectivity index (χ0v) is 13.6. The summed E-state index contributed by atoms with van der Waals surface area (Å²) in [4.78, 5) is 12.6. The van der Waals surface area contributed by atoms with Crippen LogP contribution in [0.25, 0.3) is 0 Å². The van der Waals surface area contributed by atoms with E-state index in [4.69, 9.17) is 11.5 Å². The number of nitrogens with zero attached hydrogens (tertiary/aromatic N) is 3. The summed E-state index contributed by atoms with van der Waals surface area (Å²) < 4.78 is 1.77. The standard InChI is InChI=1S/C18H21N3O/c1-6-13-12-7-8-14-17(2,3)16(22)11(10-19)9-18(14,4)15(12)20-21(13)5/h1,11,14H,7-9H2,2-5H3/t11?,14-,18?/m0/s1. The number of carbonyl (C=O) groups excluding carboxylic acids is 1. The van der Waals surface area contributed by atoms with Crippen molar-refractivity contribution in [3.63, 3.8) is 0 Å². The van der Waals surface area contributed by atoms with Gasteiger partial charge in [0.25, 0.3) is 0 Å². The van der Waals surface area contributed by atoms with Crippen LogP contribution in [0.5, 0.6) is 0 Å². The van der Waals surface area contributed by atoms with Crippen LogP contribution in [0.3, 0.4) is 0 Å². The van der Waals surface area contributed by atoms with Gasteiger partial charge in [-0.25, -0.2) is 0 Å². The zero-order valence-electron chi connectivity index (χ0n) is 13.6. The molecule has 4 nitrogen and oxygen atoms in total. The third-order valence-corrected chi connectivity index (χ3v) is 5.88. The number of terminal acetylenes is 1. The minimum absolute atomic E-state index is 0.0778. The maximum atomic E-state index is 12.6. The molecule has 1 aromatic heterocycles. The largest absolute Gasteiger partial charge is 0.298 e. The number of carbonyl (C=O) groups is 1. The Morgan fingerprint density at radius 3 is 2.68 bits per heavy atom. The Kier molecular flexibility index (Phi) is 3.01. The lowest BCUT2D eigenvalue weighted by atomic mass is 9.49. The first-order chi connectivity index (χ1) is 10.3. The lowest BCUT2D eigenvalue weighted by Gasteiger charge is -2.52. The lowest BCUT2D eigenvalue weighted by molar-refractivity contribution is -0.140. The van der Waals surface area contributed by atoms with E-state index in [1.807, 2.05) is 20.9 Å². The van der Waals surface area contributed by atoms with Crippen LogP contribution in [0.15, 0.2) is 0 Å². The van der Waals surface area contributed by atoms with Gasteiger partial charge in [-0.05, 0) is 25.2 Å². The topological polar surface area (TPSA) is 58.7 Å².